The molecule has 0 aliphatic carbocycles. The first-order chi connectivity index (χ1) is 12.2. The first-order valence-corrected chi connectivity index (χ1v) is 8.21. The lowest BCUT2D eigenvalue weighted by atomic mass is 10.0. The van der Waals surface area contributed by atoms with Crippen molar-refractivity contribution in [3.05, 3.63) is 53.5 Å². The Hall–Kier alpha value is -2.23. The quantitative estimate of drug-likeness (QED) is 0.301. The predicted molar refractivity (Wildman–Crippen MR) is 108 cm³/mol. The van der Waals surface area contributed by atoms with E-state index in [0.717, 1.165) is 17.7 Å². The molecule has 1 aliphatic rings. The third-order valence-corrected chi connectivity index (χ3v) is 3.82. The molecule has 3 rings (SSSR count). The zero-order valence-electron chi connectivity index (χ0n) is 14.4. The van der Waals surface area contributed by atoms with Gasteiger partial charge in [-0.1, -0.05) is 18.2 Å². The SMILES string of the molecule is CCOC(=O)c1ccc(CN=C(N)NC2CCOc3ccccc32)o1.I. The normalized spacial score (nSPS) is 16.0. The molecule has 26 heavy (non-hydrogen) atoms. The maximum Gasteiger partial charge on any atom is 0.374 e. The fourth-order valence-corrected chi connectivity index (χ4v) is 2.65. The highest BCUT2D eigenvalue weighted by molar-refractivity contribution is 14.0. The maximum absolute atomic E-state index is 11.6. The molecule has 0 bridgehead atoms. The number of rotatable bonds is 5. The van der Waals surface area contributed by atoms with Gasteiger partial charge in [-0.15, -0.1) is 24.0 Å². The van der Waals surface area contributed by atoms with E-state index in [4.69, 9.17) is 19.6 Å². The van der Waals surface area contributed by atoms with Gasteiger partial charge in [-0.25, -0.2) is 9.79 Å². The Morgan fingerprint density at radius 3 is 2.96 bits per heavy atom. The number of nitrogens with two attached hydrogens (primary N) is 1. The van der Waals surface area contributed by atoms with Crippen LogP contribution >= 0.6 is 24.0 Å². The molecule has 2 aromatic rings. The van der Waals surface area contributed by atoms with Crippen LogP contribution in [-0.4, -0.2) is 25.1 Å². The summed E-state index contributed by atoms with van der Waals surface area (Å²) in [5.41, 5.74) is 7.05. The number of nitrogens with one attached hydrogen (secondary N) is 1. The standard InChI is InChI=1S/C18H21N3O4.HI/c1-2-23-17(22)16-8-7-12(25-16)11-20-18(19)21-14-9-10-24-15-6-4-3-5-13(14)15;/h3-8,14H,2,9-11H2,1H3,(H3,19,20,21);1H. The summed E-state index contributed by atoms with van der Waals surface area (Å²) in [6.45, 7) is 2.91. The minimum atomic E-state index is -0.484. The van der Waals surface area contributed by atoms with Gasteiger partial charge in [-0.05, 0) is 25.1 Å². The summed E-state index contributed by atoms with van der Waals surface area (Å²) in [6.07, 6.45) is 0.807. The van der Waals surface area contributed by atoms with Gasteiger partial charge in [0.1, 0.15) is 18.1 Å². The highest BCUT2D eigenvalue weighted by atomic mass is 127. The lowest BCUT2D eigenvalue weighted by Crippen LogP contribution is -2.37. The number of ether oxygens (including phenoxy) is 2. The summed E-state index contributed by atoms with van der Waals surface area (Å²) in [6, 6.07) is 11.2. The third-order valence-electron chi connectivity index (χ3n) is 3.82. The Labute approximate surface area is 169 Å². The number of carbonyl (C=O) groups excluding carboxylic acids is 1. The Kier molecular flexibility index (Phi) is 7.31. The predicted octanol–water partition coefficient (Wildman–Crippen LogP) is 3.00. The van der Waals surface area contributed by atoms with Crippen LogP contribution in [0.25, 0.3) is 0 Å². The van der Waals surface area contributed by atoms with Crippen LogP contribution in [0.4, 0.5) is 0 Å². The monoisotopic (exact) mass is 471 g/mol. The molecule has 1 aromatic carbocycles. The van der Waals surface area contributed by atoms with Crippen LogP contribution in [-0.2, 0) is 11.3 Å². The van der Waals surface area contributed by atoms with Crippen LogP contribution < -0.4 is 15.8 Å². The van der Waals surface area contributed by atoms with Gasteiger partial charge in [0.15, 0.2) is 5.96 Å². The Morgan fingerprint density at radius 1 is 1.35 bits per heavy atom. The number of carbonyl (C=O) groups is 1. The Balaban J connectivity index is 0.00000243. The zero-order chi connectivity index (χ0) is 17.6. The molecular weight excluding hydrogens is 449 g/mol. The van der Waals surface area contributed by atoms with Crippen LogP contribution in [0.1, 0.15) is 41.3 Å². The van der Waals surface area contributed by atoms with Gasteiger partial charge < -0.3 is 24.9 Å². The van der Waals surface area contributed by atoms with E-state index in [9.17, 15) is 4.79 Å². The molecular formula is C18H22IN3O4. The van der Waals surface area contributed by atoms with Gasteiger partial charge in [-0.3, -0.25) is 0 Å². The van der Waals surface area contributed by atoms with Crippen molar-refractivity contribution in [2.45, 2.75) is 25.9 Å². The number of furan rings is 1. The molecule has 7 nitrogen and oxygen atoms in total. The van der Waals surface area contributed by atoms with E-state index in [1.165, 1.54) is 0 Å². The van der Waals surface area contributed by atoms with E-state index >= 15 is 0 Å². The Bertz CT molecular complexity index is 775. The van der Waals surface area contributed by atoms with Crippen molar-refractivity contribution in [1.29, 1.82) is 0 Å². The summed E-state index contributed by atoms with van der Waals surface area (Å²) in [7, 11) is 0. The van der Waals surface area contributed by atoms with Gasteiger partial charge >= 0.3 is 5.97 Å². The highest BCUT2D eigenvalue weighted by Gasteiger charge is 2.21. The second-order valence-corrected chi connectivity index (χ2v) is 5.56. The summed E-state index contributed by atoms with van der Waals surface area (Å²) in [5.74, 6) is 1.40. The van der Waals surface area contributed by atoms with E-state index in [2.05, 4.69) is 10.3 Å². The van der Waals surface area contributed by atoms with E-state index in [1.807, 2.05) is 24.3 Å². The van der Waals surface area contributed by atoms with Crippen LogP contribution in [0.2, 0.25) is 0 Å². The fraction of sp³-hybridized carbons (Fsp3) is 0.333. The molecule has 8 heteroatoms. The van der Waals surface area contributed by atoms with Crippen molar-refractivity contribution in [3.8, 4) is 5.75 Å². The molecule has 0 amide bonds. The van der Waals surface area contributed by atoms with Crippen LogP contribution in [0.3, 0.4) is 0 Å². The number of para-hydroxylation sites is 1. The molecule has 1 atom stereocenters. The summed E-state index contributed by atoms with van der Waals surface area (Å²) in [4.78, 5) is 15.9. The van der Waals surface area contributed by atoms with Crippen molar-refractivity contribution in [2.75, 3.05) is 13.2 Å². The van der Waals surface area contributed by atoms with Gasteiger partial charge in [0.05, 0.1) is 19.3 Å². The largest absolute Gasteiger partial charge is 0.493 e. The molecule has 0 radical (unpaired) electrons. The molecule has 1 aliphatic heterocycles. The second kappa shape index (κ2) is 9.46. The van der Waals surface area contributed by atoms with Gasteiger partial charge in [-0.2, -0.15) is 0 Å². The first-order valence-electron chi connectivity index (χ1n) is 8.21. The minimum Gasteiger partial charge on any atom is -0.493 e. The number of hydrogen-bond donors (Lipinski definition) is 2. The third kappa shape index (κ3) is 4.90. The van der Waals surface area contributed by atoms with Crippen molar-refractivity contribution < 1.29 is 18.7 Å². The molecule has 3 N–H and O–H groups in total. The van der Waals surface area contributed by atoms with E-state index in [0.29, 0.717) is 24.9 Å². The van der Waals surface area contributed by atoms with Gasteiger partial charge in [0.2, 0.25) is 5.76 Å². The zero-order valence-corrected chi connectivity index (χ0v) is 16.8. The number of hydrogen-bond acceptors (Lipinski definition) is 5. The van der Waals surface area contributed by atoms with Gasteiger partial charge in [0, 0.05) is 12.0 Å². The van der Waals surface area contributed by atoms with Crippen molar-refractivity contribution in [3.63, 3.8) is 0 Å². The molecule has 0 saturated carbocycles. The van der Waals surface area contributed by atoms with E-state index < -0.39 is 5.97 Å². The smallest absolute Gasteiger partial charge is 0.374 e. The average Bonchev–Trinajstić information content (AvgIpc) is 3.10. The average molecular weight is 471 g/mol. The molecule has 1 unspecified atom stereocenters. The minimum absolute atomic E-state index is 0. The summed E-state index contributed by atoms with van der Waals surface area (Å²) in [5, 5.41) is 3.21. The first kappa shape index (κ1) is 20.1. The Morgan fingerprint density at radius 2 is 2.15 bits per heavy atom. The molecule has 2 heterocycles. The number of halogens is 1. The van der Waals surface area contributed by atoms with Crippen molar-refractivity contribution in [2.24, 2.45) is 10.7 Å². The number of guanidine groups is 1. The van der Waals surface area contributed by atoms with Crippen LogP contribution in [0.5, 0.6) is 5.75 Å². The van der Waals surface area contributed by atoms with E-state index in [1.54, 1.807) is 19.1 Å². The summed E-state index contributed by atoms with van der Waals surface area (Å²) >= 11 is 0. The second-order valence-electron chi connectivity index (χ2n) is 5.56. The highest BCUT2D eigenvalue weighted by Crippen LogP contribution is 2.31. The lowest BCUT2D eigenvalue weighted by molar-refractivity contribution is 0.0488. The molecule has 140 valence electrons. The lowest BCUT2D eigenvalue weighted by Gasteiger charge is -2.26. The van der Waals surface area contributed by atoms with Crippen LogP contribution in [0.15, 0.2) is 45.8 Å². The number of nitrogens with zero attached hydrogens (tertiary/aromatic N) is 1. The number of benzene rings is 1. The van der Waals surface area contributed by atoms with Crippen molar-refractivity contribution in [1.82, 2.24) is 5.32 Å². The summed E-state index contributed by atoms with van der Waals surface area (Å²) < 4.78 is 15.9. The molecule has 0 fully saturated rings. The fourth-order valence-electron chi connectivity index (χ4n) is 2.65. The number of esters is 1. The molecule has 1 aromatic heterocycles. The van der Waals surface area contributed by atoms with E-state index in [-0.39, 0.29) is 42.3 Å². The molecule has 0 spiro atoms. The van der Waals surface area contributed by atoms with Crippen molar-refractivity contribution >= 4 is 35.9 Å². The molecule has 0 saturated heterocycles. The van der Waals surface area contributed by atoms with Crippen LogP contribution in [0, 0.1) is 0 Å². The maximum atomic E-state index is 11.6. The van der Waals surface area contributed by atoms with Gasteiger partial charge in [0.25, 0.3) is 0 Å². The topological polar surface area (TPSA) is 99.1 Å². The number of aliphatic imine (C=N–C) groups is 1. The number of fused-ring (bicyclic) bond motifs is 1.